The summed E-state index contributed by atoms with van der Waals surface area (Å²) in [6.45, 7) is 4.85. The van der Waals surface area contributed by atoms with E-state index in [0.29, 0.717) is 17.1 Å². The first-order valence-corrected chi connectivity index (χ1v) is 11.7. The van der Waals surface area contributed by atoms with Crippen molar-refractivity contribution in [2.75, 3.05) is 15.5 Å². The summed E-state index contributed by atoms with van der Waals surface area (Å²) in [6, 6.07) is 17.6. The van der Waals surface area contributed by atoms with E-state index < -0.39 is 29.8 Å². The average Bonchev–Trinajstić information content (AvgIpc) is 3.13. The zero-order valence-electron chi connectivity index (χ0n) is 20.5. The van der Waals surface area contributed by atoms with Crippen LogP contribution in [0.2, 0.25) is 0 Å². The van der Waals surface area contributed by atoms with Gasteiger partial charge in [0, 0.05) is 18.3 Å². The van der Waals surface area contributed by atoms with Crippen molar-refractivity contribution in [2.24, 2.45) is 0 Å². The molecule has 0 aliphatic carbocycles. The maximum absolute atomic E-state index is 13.0. The first kappa shape index (κ1) is 25.3. The number of rotatable bonds is 7. The molecule has 0 fully saturated rings. The normalized spacial score (nSPS) is 13.1. The van der Waals surface area contributed by atoms with Crippen LogP contribution in [0.5, 0.6) is 0 Å². The molecular weight excluding hydrogens is 474 g/mol. The number of hydrogen-bond acceptors (Lipinski definition) is 6. The number of nitrogens with zero attached hydrogens (tertiary/aromatic N) is 1. The zero-order chi connectivity index (χ0) is 26.7. The number of aryl methyl sites for hydroxylation is 1. The van der Waals surface area contributed by atoms with Gasteiger partial charge in [0.1, 0.15) is 0 Å². The second-order valence-electron chi connectivity index (χ2n) is 8.52. The van der Waals surface area contributed by atoms with Crippen LogP contribution in [0.25, 0.3) is 0 Å². The SMILES string of the molecule is CCc1ccc(NC(=O)C(C)OC(=O)c2ccc3c(c2)C(=O)N(c2ccc(NC(C)=O)cc2)C3=O)cc1. The number of anilines is 3. The van der Waals surface area contributed by atoms with Crippen LogP contribution >= 0.6 is 0 Å². The zero-order valence-corrected chi connectivity index (χ0v) is 20.5. The molecule has 3 aromatic carbocycles. The molecule has 0 saturated carbocycles. The summed E-state index contributed by atoms with van der Waals surface area (Å²) in [4.78, 5) is 63.3. The minimum atomic E-state index is -1.09. The van der Waals surface area contributed by atoms with E-state index in [4.69, 9.17) is 4.74 Å². The first-order chi connectivity index (χ1) is 17.7. The van der Waals surface area contributed by atoms with Crippen LogP contribution in [0.15, 0.2) is 66.7 Å². The molecule has 1 atom stereocenters. The van der Waals surface area contributed by atoms with E-state index in [1.54, 1.807) is 24.3 Å². The predicted molar refractivity (Wildman–Crippen MR) is 138 cm³/mol. The molecule has 3 aromatic rings. The second kappa shape index (κ2) is 10.4. The largest absolute Gasteiger partial charge is 0.449 e. The maximum atomic E-state index is 13.0. The average molecular weight is 500 g/mol. The van der Waals surface area contributed by atoms with E-state index >= 15 is 0 Å². The number of ether oxygens (including phenoxy) is 1. The van der Waals surface area contributed by atoms with Crippen LogP contribution in [0.1, 0.15) is 57.4 Å². The van der Waals surface area contributed by atoms with Crippen LogP contribution in [-0.4, -0.2) is 35.7 Å². The molecule has 4 amide bonds. The van der Waals surface area contributed by atoms with Gasteiger partial charge in [-0.25, -0.2) is 9.69 Å². The van der Waals surface area contributed by atoms with Crippen molar-refractivity contribution in [1.82, 2.24) is 0 Å². The Morgan fingerprint density at radius 1 is 0.838 bits per heavy atom. The van der Waals surface area contributed by atoms with E-state index in [-0.39, 0.29) is 22.6 Å². The van der Waals surface area contributed by atoms with Gasteiger partial charge in [-0.3, -0.25) is 19.2 Å². The Kier molecular flexibility index (Phi) is 7.15. The van der Waals surface area contributed by atoms with Crippen molar-refractivity contribution in [1.29, 1.82) is 0 Å². The number of amides is 4. The van der Waals surface area contributed by atoms with Crippen LogP contribution in [0.3, 0.4) is 0 Å². The highest BCUT2D eigenvalue weighted by atomic mass is 16.5. The Morgan fingerprint density at radius 3 is 2.05 bits per heavy atom. The summed E-state index contributed by atoms with van der Waals surface area (Å²) in [6.07, 6.45) is -0.220. The minimum Gasteiger partial charge on any atom is -0.449 e. The summed E-state index contributed by atoms with van der Waals surface area (Å²) in [7, 11) is 0. The van der Waals surface area contributed by atoms with Gasteiger partial charge in [-0.15, -0.1) is 0 Å². The van der Waals surface area contributed by atoms with Crippen LogP contribution < -0.4 is 15.5 Å². The standard InChI is InChI=1S/C28H25N3O6/c1-4-18-5-8-21(9-6-18)30-25(33)16(2)37-28(36)19-7-14-23-24(15-19)27(35)31(26(23)34)22-12-10-20(11-13-22)29-17(3)32/h5-16H,4H2,1-3H3,(H,29,32)(H,30,33). The number of benzene rings is 3. The molecule has 37 heavy (non-hydrogen) atoms. The van der Waals surface area contributed by atoms with Crippen LogP contribution in [0.4, 0.5) is 17.1 Å². The van der Waals surface area contributed by atoms with Crippen LogP contribution in [-0.2, 0) is 20.7 Å². The van der Waals surface area contributed by atoms with Crippen molar-refractivity contribution in [3.8, 4) is 0 Å². The smallest absolute Gasteiger partial charge is 0.338 e. The molecule has 1 unspecified atom stereocenters. The van der Waals surface area contributed by atoms with E-state index in [1.165, 1.54) is 44.2 Å². The van der Waals surface area contributed by atoms with Crippen LogP contribution in [0, 0.1) is 0 Å². The van der Waals surface area contributed by atoms with E-state index in [2.05, 4.69) is 10.6 Å². The fraction of sp³-hybridized carbons (Fsp3) is 0.179. The molecular formula is C28H25N3O6. The van der Waals surface area contributed by atoms with Crippen molar-refractivity contribution < 1.29 is 28.7 Å². The third-order valence-electron chi connectivity index (χ3n) is 5.85. The number of carbonyl (C=O) groups is 5. The Labute approximate surface area is 213 Å². The third kappa shape index (κ3) is 5.40. The fourth-order valence-electron chi connectivity index (χ4n) is 3.85. The van der Waals surface area contributed by atoms with Gasteiger partial charge in [-0.05, 0) is 73.5 Å². The molecule has 0 spiro atoms. The molecule has 0 radical (unpaired) electrons. The lowest BCUT2D eigenvalue weighted by Gasteiger charge is -2.14. The van der Waals surface area contributed by atoms with Crippen molar-refractivity contribution in [3.05, 3.63) is 89.0 Å². The monoisotopic (exact) mass is 499 g/mol. The number of esters is 1. The summed E-state index contributed by atoms with van der Waals surface area (Å²) in [5.41, 5.74) is 2.79. The Hall–Kier alpha value is -4.79. The van der Waals surface area contributed by atoms with Gasteiger partial charge in [-0.2, -0.15) is 0 Å². The molecule has 0 saturated heterocycles. The second-order valence-corrected chi connectivity index (χ2v) is 8.52. The lowest BCUT2D eigenvalue weighted by Crippen LogP contribution is -2.30. The summed E-state index contributed by atoms with van der Waals surface area (Å²) < 4.78 is 5.30. The summed E-state index contributed by atoms with van der Waals surface area (Å²) >= 11 is 0. The van der Waals surface area contributed by atoms with Gasteiger partial charge in [0.05, 0.1) is 22.4 Å². The predicted octanol–water partition coefficient (Wildman–Crippen LogP) is 4.19. The van der Waals surface area contributed by atoms with Gasteiger partial charge >= 0.3 is 5.97 Å². The summed E-state index contributed by atoms with van der Waals surface area (Å²) in [5, 5.41) is 5.31. The topological polar surface area (TPSA) is 122 Å². The molecule has 1 aliphatic heterocycles. The molecule has 9 nitrogen and oxygen atoms in total. The summed E-state index contributed by atoms with van der Waals surface area (Å²) in [5.74, 6) is -2.67. The molecule has 9 heteroatoms. The molecule has 188 valence electrons. The highest BCUT2D eigenvalue weighted by molar-refractivity contribution is 6.34. The fourth-order valence-corrected chi connectivity index (χ4v) is 3.85. The minimum absolute atomic E-state index is 0.0368. The maximum Gasteiger partial charge on any atom is 0.338 e. The quantitative estimate of drug-likeness (QED) is 0.371. The van der Waals surface area contributed by atoms with Gasteiger partial charge in [0.2, 0.25) is 5.91 Å². The molecule has 4 rings (SSSR count). The molecule has 1 aliphatic rings. The van der Waals surface area contributed by atoms with E-state index in [9.17, 15) is 24.0 Å². The number of carbonyl (C=O) groups excluding carboxylic acids is 5. The van der Waals surface area contributed by atoms with Gasteiger partial charge < -0.3 is 15.4 Å². The number of hydrogen-bond donors (Lipinski definition) is 2. The van der Waals surface area contributed by atoms with Gasteiger partial charge in [0.15, 0.2) is 6.10 Å². The van der Waals surface area contributed by atoms with E-state index in [0.717, 1.165) is 16.9 Å². The number of imide groups is 1. The molecule has 0 bridgehead atoms. The molecule has 1 heterocycles. The van der Waals surface area contributed by atoms with Gasteiger partial charge in [0.25, 0.3) is 17.7 Å². The Morgan fingerprint density at radius 2 is 1.43 bits per heavy atom. The Balaban J connectivity index is 1.45. The van der Waals surface area contributed by atoms with Crippen molar-refractivity contribution in [2.45, 2.75) is 33.3 Å². The number of fused-ring (bicyclic) bond motifs is 1. The number of nitrogens with one attached hydrogen (secondary N) is 2. The first-order valence-electron chi connectivity index (χ1n) is 11.7. The highest BCUT2D eigenvalue weighted by Gasteiger charge is 2.37. The van der Waals surface area contributed by atoms with Crippen molar-refractivity contribution in [3.63, 3.8) is 0 Å². The van der Waals surface area contributed by atoms with Gasteiger partial charge in [-0.1, -0.05) is 19.1 Å². The Bertz CT molecular complexity index is 1400. The lowest BCUT2D eigenvalue weighted by molar-refractivity contribution is -0.123. The molecule has 2 N–H and O–H groups in total. The lowest BCUT2D eigenvalue weighted by atomic mass is 10.1. The third-order valence-corrected chi connectivity index (χ3v) is 5.85. The molecule has 0 aromatic heterocycles. The van der Waals surface area contributed by atoms with E-state index in [1.807, 2.05) is 19.1 Å². The van der Waals surface area contributed by atoms with Crippen molar-refractivity contribution >= 4 is 46.7 Å². The highest BCUT2D eigenvalue weighted by Crippen LogP contribution is 2.30.